The maximum absolute atomic E-state index is 13.9. The van der Waals surface area contributed by atoms with Crippen molar-refractivity contribution in [3.05, 3.63) is 41.2 Å². The Morgan fingerprint density at radius 1 is 1.40 bits per heavy atom. The van der Waals surface area contributed by atoms with Crippen molar-refractivity contribution < 1.29 is 22.7 Å². The lowest BCUT2D eigenvalue weighted by atomic mass is 10.2. The summed E-state index contributed by atoms with van der Waals surface area (Å²) in [5, 5.41) is 8.75. The highest BCUT2D eigenvalue weighted by molar-refractivity contribution is 7.89. The van der Waals surface area contributed by atoms with Gasteiger partial charge in [0.25, 0.3) is 0 Å². The summed E-state index contributed by atoms with van der Waals surface area (Å²) in [6.45, 7) is 2.33. The van der Waals surface area contributed by atoms with Crippen LogP contribution in [0, 0.1) is 5.82 Å². The SMILES string of the molecule is CC1=CCCN(S(=O)(=O)c2ccc(C(=O)O)cc2F)C1. The van der Waals surface area contributed by atoms with E-state index in [2.05, 4.69) is 0 Å². The molecule has 2 rings (SSSR count). The van der Waals surface area contributed by atoms with Crippen molar-refractivity contribution in [1.29, 1.82) is 0 Å². The molecule has 1 aliphatic heterocycles. The summed E-state index contributed by atoms with van der Waals surface area (Å²) in [7, 11) is -3.94. The molecule has 1 aromatic carbocycles. The monoisotopic (exact) mass is 299 g/mol. The van der Waals surface area contributed by atoms with E-state index in [0.29, 0.717) is 13.0 Å². The molecule has 0 atom stereocenters. The molecule has 7 heteroatoms. The fourth-order valence-electron chi connectivity index (χ4n) is 2.06. The first kappa shape index (κ1) is 14.7. The Hall–Kier alpha value is -1.73. The van der Waals surface area contributed by atoms with Crippen molar-refractivity contribution in [2.75, 3.05) is 13.1 Å². The average Bonchev–Trinajstić information content (AvgIpc) is 2.38. The van der Waals surface area contributed by atoms with E-state index in [1.807, 2.05) is 13.0 Å². The second-order valence-electron chi connectivity index (χ2n) is 4.63. The van der Waals surface area contributed by atoms with Gasteiger partial charge in [0, 0.05) is 13.1 Å². The van der Waals surface area contributed by atoms with E-state index in [-0.39, 0.29) is 12.1 Å². The van der Waals surface area contributed by atoms with Crippen molar-refractivity contribution in [3.8, 4) is 0 Å². The molecule has 0 aliphatic carbocycles. The van der Waals surface area contributed by atoms with Crippen LogP contribution in [0.5, 0.6) is 0 Å². The zero-order chi connectivity index (χ0) is 14.9. The van der Waals surface area contributed by atoms with Crippen LogP contribution in [0.15, 0.2) is 34.7 Å². The molecule has 0 saturated carbocycles. The van der Waals surface area contributed by atoms with Gasteiger partial charge in [-0.05, 0) is 31.5 Å². The first-order valence-electron chi connectivity index (χ1n) is 6.01. The van der Waals surface area contributed by atoms with Gasteiger partial charge in [-0.3, -0.25) is 0 Å². The van der Waals surface area contributed by atoms with E-state index in [9.17, 15) is 17.6 Å². The first-order chi connectivity index (χ1) is 9.32. The number of halogens is 1. The Morgan fingerprint density at radius 2 is 2.10 bits per heavy atom. The third-order valence-corrected chi connectivity index (χ3v) is 4.97. The molecule has 108 valence electrons. The summed E-state index contributed by atoms with van der Waals surface area (Å²) in [6, 6.07) is 2.81. The van der Waals surface area contributed by atoms with Crippen molar-refractivity contribution in [1.82, 2.24) is 4.31 Å². The highest BCUT2D eigenvalue weighted by Crippen LogP contribution is 2.23. The first-order valence-corrected chi connectivity index (χ1v) is 7.45. The molecule has 0 unspecified atom stereocenters. The lowest BCUT2D eigenvalue weighted by Crippen LogP contribution is -2.35. The van der Waals surface area contributed by atoms with Crippen molar-refractivity contribution in [2.45, 2.75) is 18.2 Å². The van der Waals surface area contributed by atoms with E-state index in [4.69, 9.17) is 5.11 Å². The molecule has 0 radical (unpaired) electrons. The third-order valence-electron chi connectivity index (χ3n) is 3.09. The number of carboxylic acids is 1. The van der Waals surface area contributed by atoms with Crippen LogP contribution in [0.4, 0.5) is 4.39 Å². The lowest BCUT2D eigenvalue weighted by molar-refractivity contribution is 0.0696. The molecule has 1 N–H and O–H groups in total. The zero-order valence-corrected chi connectivity index (χ0v) is 11.7. The van der Waals surface area contributed by atoms with Crippen LogP contribution >= 0.6 is 0 Å². The number of sulfonamides is 1. The third kappa shape index (κ3) is 2.73. The molecule has 0 amide bonds. The quantitative estimate of drug-likeness (QED) is 0.865. The normalized spacial score (nSPS) is 16.8. The van der Waals surface area contributed by atoms with Crippen LogP contribution in [0.3, 0.4) is 0 Å². The van der Waals surface area contributed by atoms with Gasteiger partial charge >= 0.3 is 5.97 Å². The molecule has 0 aromatic heterocycles. The molecule has 1 aliphatic rings. The van der Waals surface area contributed by atoms with Gasteiger partial charge in [-0.25, -0.2) is 17.6 Å². The van der Waals surface area contributed by atoms with Gasteiger partial charge in [-0.15, -0.1) is 0 Å². The van der Waals surface area contributed by atoms with Gasteiger partial charge in [0.15, 0.2) is 0 Å². The van der Waals surface area contributed by atoms with E-state index < -0.39 is 26.7 Å². The number of benzene rings is 1. The minimum atomic E-state index is -3.94. The van der Waals surface area contributed by atoms with Crippen LogP contribution in [0.25, 0.3) is 0 Å². The Morgan fingerprint density at radius 3 is 2.65 bits per heavy atom. The van der Waals surface area contributed by atoms with Gasteiger partial charge in [0.2, 0.25) is 10.0 Å². The minimum absolute atomic E-state index is 0.225. The van der Waals surface area contributed by atoms with Crippen LogP contribution in [-0.4, -0.2) is 36.9 Å². The van der Waals surface area contributed by atoms with Gasteiger partial charge in [0.1, 0.15) is 10.7 Å². The number of hydrogen-bond acceptors (Lipinski definition) is 3. The van der Waals surface area contributed by atoms with Gasteiger partial charge in [-0.2, -0.15) is 4.31 Å². The highest BCUT2D eigenvalue weighted by Gasteiger charge is 2.29. The molecular weight excluding hydrogens is 285 g/mol. The maximum Gasteiger partial charge on any atom is 0.335 e. The topological polar surface area (TPSA) is 74.7 Å². The molecule has 1 aromatic rings. The predicted molar refractivity (Wildman–Crippen MR) is 70.5 cm³/mol. The second kappa shape index (κ2) is 5.34. The largest absolute Gasteiger partial charge is 0.478 e. The van der Waals surface area contributed by atoms with Crippen molar-refractivity contribution in [2.24, 2.45) is 0 Å². The summed E-state index contributed by atoms with van der Waals surface area (Å²) in [4.78, 5) is 10.2. The predicted octanol–water partition coefficient (Wildman–Crippen LogP) is 1.86. The standard InChI is InChI=1S/C13H14FNO4S/c1-9-3-2-6-15(8-9)20(18,19)12-5-4-10(13(16)17)7-11(12)14/h3-5,7H,2,6,8H2,1H3,(H,16,17). The molecule has 0 saturated heterocycles. The molecule has 5 nitrogen and oxygen atoms in total. The highest BCUT2D eigenvalue weighted by atomic mass is 32.2. The molecule has 0 bridgehead atoms. The zero-order valence-electron chi connectivity index (χ0n) is 10.8. The summed E-state index contributed by atoms with van der Waals surface area (Å²) in [5.41, 5.74) is 0.624. The number of hydrogen-bond donors (Lipinski definition) is 1. The van der Waals surface area contributed by atoms with E-state index >= 15 is 0 Å². The van der Waals surface area contributed by atoms with Gasteiger partial charge < -0.3 is 5.11 Å². The van der Waals surface area contributed by atoms with Crippen molar-refractivity contribution >= 4 is 16.0 Å². The van der Waals surface area contributed by atoms with Gasteiger partial charge in [-0.1, -0.05) is 11.6 Å². The van der Waals surface area contributed by atoms with Crippen LogP contribution in [-0.2, 0) is 10.0 Å². The molecule has 1 heterocycles. The Balaban J connectivity index is 2.40. The Labute approximate surface area is 116 Å². The number of aromatic carboxylic acids is 1. The number of rotatable bonds is 3. The molecule has 0 fully saturated rings. The van der Waals surface area contributed by atoms with Crippen LogP contribution < -0.4 is 0 Å². The summed E-state index contributed by atoms with van der Waals surface area (Å²) in [6.07, 6.45) is 2.52. The average molecular weight is 299 g/mol. The fraction of sp³-hybridized carbons (Fsp3) is 0.308. The van der Waals surface area contributed by atoms with Crippen LogP contribution in [0.1, 0.15) is 23.7 Å². The summed E-state index contributed by atoms with van der Waals surface area (Å²) in [5.74, 6) is -2.35. The molecule has 0 spiro atoms. The summed E-state index contributed by atoms with van der Waals surface area (Å²) >= 11 is 0. The fourth-order valence-corrected chi connectivity index (χ4v) is 3.61. The summed E-state index contributed by atoms with van der Waals surface area (Å²) < 4.78 is 39.8. The van der Waals surface area contributed by atoms with Gasteiger partial charge in [0.05, 0.1) is 5.56 Å². The second-order valence-corrected chi connectivity index (χ2v) is 6.53. The van der Waals surface area contributed by atoms with Crippen LogP contribution in [0.2, 0.25) is 0 Å². The smallest absolute Gasteiger partial charge is 0.335 e. The van der Waals surface area contributed by atoms with Crippen molar-refractivity contribution in [3.63, 3.8) is 0 Å². The van der Waals surface area contributed by atoms with E-state index in [1.165, 1.54) is 4.31 Å². The molecular formula is C13H14FNO4S. The Kier molecular flexibility index (Phi) is 3.92. The maximum atomic E-state index is 13.9. The van der Waals surface area contributed by atoms with E-state index in [1.54, 1.807) is 0 Å². The Bertz CT molecular complexity index is 682. The number of carbonyl (C=O) groups is 1. The lowest BCUT2D eigenvalue weighted by Gasteiger charge is -2.25. The molecule has 20 heavy (non-hydrogen) atoms. The number of nitrogens with zero attached hydrogens (tertiary/aromatic N) is 1. The number of carboxylic acid groups (broad SMARTS) is 1. The minimum Gasteiger partial charge on any atom is -0.478 e. The van der Waals surface area contributed by atoms with E-state index in [0.717, 1.165) is 23.8 Å².